The molecule has 1 fully saturated rings. The van der Waals surface area contributed by atoms with E-state index in [2.05, 4.69) is 5.32 Å². The number of carbonyl (C=O) groups is 1. The average molecular weight is 301 g/mol. The van der Waals surface area contributed by atoms with Crippen molar-refractivity contribution in [1.29, 1.82) is 0 Å². The van der Waals surface area contributed by atoms with Crippen molar-refractivity contribution in [2.45, 2.75) is 12.8 Å². The molecule has 2 rings (SSSR count). The Morgan fingerprint density at radius 2 is 2.11 bits per heavy atom. The number of hydrogen-bond donors (Lipinski definition) is 1. The number of carbonyl (C=O) groups excluding carboxylic acids is 1. The largest absolute Gasteiger partial charge is 0.342 e. The molecule has 1 saturated heterocycles. The number of likely N-dealkylation sites (tertiary alicyclic amines) is 1. The topological polar surface area (TPSA) is 32.3 Å². The minimum atomic E-state index is 0.105. The van der Waals surface area contributed by atoms with Crippen LogP contribution in [-0.2, 0) is 11.2 Å². The van der Waals surface area contributed by atoms with Crippen molar-refractivity contribution in [1.82, 2.24) is 10.2 Å². The summed E-state index contributed by atoms with van der Waals surface area (Å²) in [5.74, 6) is 0.657. The van der Waals surface area contributed by atoms with Crippen LogP contribution in [0.15, 0.2) is 18.2 Å². The van der Waals surface area contributed by atoms with Crippen LogP contribution in [0.25, 0.3) is 0 Å². The van der Waals surface area contributed by atoms with Crippen LogP contribution >= 0.6 is 23.2 Å². The second kappa shape index (κ2) is 6.60. The van der Waals surface area contributed by atoms with E-state index in [-0.39, 0.29) is 12.3 Å². The van der Waals surface area contributed by atoms with Crippen molar-refractivity contribution in [3.05, 3.63) is 33.8 Å². The first kappa shape index (κ1) is 14.6. The van der Waals surface area contributed by atoms with E-state index in [1.807, 2.05) is 11.9 Å². The minimum Gasteiger partial charge on any atom is -0.342 e. The van der Waals surface area contributed by atoms with Gasteiger partial charge >= 0.3 is 0 Å². The van der Waals surface area contributed by atoms with Gasteiger partial charge in [0.05, 0.1) is 6.42 Å². The third-order valence-corrected chi connectivity index (χ3v) is 4.23. The molecule has 1 N–H and O–H groups in total. The molecule has 0 aliphatic carbocycles. The van der Waals surface area contributed by atoms with Crippen LogP contribution in [-0.4, -0.2) is 37.5 Å². The predicted octanol–water partition coefficient (Wildman–Crippen LogP) is 2.60. The Balaban J connectivity index is 1.98. The van der Waals surface area contributed by atoms with E-state index in [9.17, 15) is 4.79 Å². The van der Waals surface area contributed by atoms with Crippen molar-refractivity contribution >= 4 is 29.1 Å². The van der Waals surface area contributed by atoms with Crippen LogP contribution in [0.4, 0.5) is 0 Å². The quantitative estimate of drug-likeness (QED) is 0.927. The summed E-state index contributed by atoms with van der Waals surface area (Å²) < 4.78 is 0. The van der Waals surface area contributed by atoms with Gasteiger partial charge in [-0.15, -0.1) is 0 Å². The number of amides is 1. The second-order valence-electron chi connectivity index (χ2n) is 4.93. The SMILES string of the molecule is CNC[C@H]1CCN(C(=O)Cc2c(Cl)cccc2Cl)C1. The first-order chi connectivity index (χ1) is 9.11. The molecular weight excluding hydrogens is 283 g/mol. The fraction of sp³-hybridized carbons (Fsp3) is 0.500. The number of benzene rings is 1. The third kappa shape index (κ3) is 3.62. The molecule has 19 heavy (non-hydrogen) atoms. The Morgan fingerprint density at radius 1 is 1.42 bits per heavy atom. The Bertz CT molecular complexity index is 445. The molecule has 0 radical (unpaired) electrons. The highest BCUT2D eigenvalue weighted by molar-refractivity contribution is 6.36. The van der Waals surface area contributed by atoms with Crippen LogP contribution < -0.4 is 5.32 Å². The van der Waals surface area contributed by atoms with Crippen LogP contribution in [0, 0.1) is 5.92 Å². The molecule has 1 amide bonds. The van der Waals surface area contributed by atoms with Gasteiger partial charge in [0.1, 0.15) is 0 Å². The fourth-order valence-corrected chi connectivity index (χ4v) is 3.01. The lowest BCUT2D eigenvalue weighted by molar-refractivity contribution is -0.129. The molecule has 0 aromatic heterocycles. The van der Waals surface area contributed by atoms with E-state index in [1.54, 1.807) is 18.2 Å². The molecule has 3 nitrogen and oxygen atoms in total. The zero-order valence-corrected chi connectivity index (χ0v) is 12.5. The van der Waals surface area contributed by atoms with Gasteiger partial charge in [0.2, 0.25) is 5.91 Å². The lowest BCUT2D eigenvalue weighted by atomic mass is 10.1. The molecule has 1 atom stereocenters. The van der Waals surface area contributed by atoms with Crippen LogP contribution in [0.5, 0.6) is 0 Å². The highest BCUT2D eigenvalue weighted by atomic mass is 35.5. The highest BCUT2D eigenvalue weighted by Gasteiger charge is 2.26. The van der Waals surface area contributed by atoms with Crippen molar-refractivity contribution in [2.24, 2.45) is 5.92 Å². The zero-order valence-electron chi connectivity index (χ0n) is 11.0. The van der Waals surface area contributed by atoms with Gasteiger partial charge in [-0.05, 0) is 43.6 Å². The van der Waals surface area contributed by atoms with E-state index in [4.69, 9.17) is 23.2 Å². The van der Waals surface area contributed by atoms with Crippen molar-refractivity contribution in [3.63, 3.8) is 0 Å². The lowest BCUT2D eigenvalue weighted by Gasteiger charge is -2.17. The summed E-state index contributed by atoms with van der Waals surface area (Å²) >= 11 is 12.2. The number of nitrogens with zero attached hydrogens (tertiary/aromatic N) is 1. The molecule has 1 heterocycles. The van der Waals surface area contributed by atoms with Gasteiger partial charge in [0.15, 0.2) is 0 Å². The van der Waals surface area contributed by atoms with Crippen molar-refractivity contribution in [3.8, 4) is 0 Å². The van der Waals surface area contributed by atoms with Crippen LogP contribution in [0.2, 0.25) is 10.0 Å². The van der Waals surface area contributed by atoms with Crippen molar-refractivity contribution < 1.29 is 4.79 Å². The summed E-state index contributed by atoms with van der Waals surface area (Å²) in [4.78, 5) is 14.2. The first-order valence-electron chi connectivity index (χ1n) is 6.47. The molecule has 1 aromatic carbocycles. The summed E-state index contributed by atoms with van der Waals surface area (Å²) in [6.45, 7) is 2.60. The molecule has 0 unspecified atom stereocenters. The van der Waals surface area contributed by atoms with Crippen molar-refractivity contribution in [2.75, 3.05) is 26.7 Å². The van der Waals surface area contributed by atoms with E-state index in [0.29, 0.717) is 16.0 Å². The summed E-state index contributed by atoms with van der Waals surface area (Å²) in [6.07, 6.45) is 1.34. The number of halogens is 2. The molecule has 0 bridgehead atoms. The Morgan fingerprint density at radius 3 is 2.74 bits per heavy atom. The highest BCUT2D eigenvalue weighted by Crippen LogP contribution is 2.26. The van der Waals surface area contributed by atoms with Gasteiger partial charge in [-0.1, -0.05) is 29.3 Å². The molecule has 104 valence electrons. The van der Waals surface area contributed by atoms with E-state index in [0.717, 1.165) is 31.6 Å². The van der Waals surface area contributed by atoms with E-state index in [1.165, 1.54) is 0 Å². The van der Waals surface area contributed by atoms with Gasteiger partial charge < -0.3 is 10.2 Å². The molecule has 0 saturated carbocycles. The number of hydrogen-bond acceptors (Lipinski definition) is 2. The van der Waals surface area contributed by atoms with Gasteiger partial charge in [-0.3, -0.25) is 4.79 Å². The predicted molar refractivity (Wildman–Crippen MR) is 78.8 cm³/mol. The molecule has 0 spiro atoms. The maximum atomic E-state index is 12.3. The third-order valence-electron chi connectivity index (χ3n) is 3.52. The van der Waals surface area contributed by atoms with Crippen LogP contribution in [0.1, 0.15) is 12.0 Å². The molecule has 5 heteroatoms. The zero-order chi connectivity index (χ0) is 13.8. The summed E-state index contributed by atoms with van der Waals surface area (Å²) in [5, 5.41) is 4.28. The van der Waals surface area contributed by atoms with Crippen LogP contribution in [0.3, 0.4) is 0 Å². The Hall–Kier alpha value is -0.770. The molecule has 1 aliphatic heterocycles. The van der Waals surface area contributed by atoms with Gasteiger partial charge in [-0.25, -0.2) is 0 Å². The number of nitrogens with one attached hydrogen (secondary N) is 1. The molecular formula is C14H18Cl2N2O. The standard InChI is InChI=1S/C14H18Cl2N2O/c1-17-8-10-5-6-18(9-10)14(19)7-11-12(15)3-2-4-13(11)16/h2-4,10,17H,5-9H2,1H3/t10-/m1/s1. The van der Waals surface area contributed by atoms with Gasteiger partial charge in [0, 0.05) is 23.1 Å². The Kier molecular flexibility index (Phi) is 5.08. The molecule has 1 aliphatic rings. The monoisotopic (exact) mass is 300 g/mol. The summed E-state index contributed by atoms with van der Waals surface area (Å²) in [5.41, 5.74) is 0.730. The maximum absolute atomic E-state index is 12.3. The summed E-state index contributed by atoms with van der Waals surface area (Å²) in [6, 6.07) is 5.32. The van der Waals surface area contributed by atoms with Gasteiger partial charge in [0.25, 0.3) is 0 Å². The molecule has 1 aromatic rings. The van der Waals surface area contributed by atoms with Gasteiger partial charge in [-0.2, -0.15) is 0 Å². The Labute approximate surface area is 123 Å². The fourth-order valence-electron chi connectivity index (χ4n) is 2.48. The summed E-state index contributed by atoms with van der Waals surface area (Å²) in [7, 11) is 1.94. The average Bonchev–Trinajstić information content (AvgIpc) is 2.83. The smallest absolute Gasteiger partial charge is 0.227 e. The first-order valence-corrected chi connectivity index (χ1v) is 7.22. The normalized spacial score (nSPS) is 18.9. The van der Waals surface area contributed by atoms with E-state index < -0.39 is 0 Å². The van der Waals surface area contributed by atoms with E-state index >= 15 is 0 Å². The second-order valence-corrected chi connectivity index (χ2v) is 5.74. The minimum absolute atomic E-state index is 0.105. The lowest BCUT2D eigenvalue weighted by Crippen LogP contribution is -2.31. The maximum Gasteiger partial charge on any atom is 0.227 e. The number of rotatable bonds is 4.